The van der Waals surface area contributed by atoms with Gasteiger partial charge >= 0.3 is 0 Å². The van der Waals surface area contributed by atoms with Crippen molar-refractivity contribution < 1.29 is 4.74 Å². The van der Waals surface area contributed by atoms with Crippen LogP contribution < -0.4 is 10.1 Å². The molecule has 19 heavy (non-hydrogen) atoms. The molecular weight excluding hydrogens is 256 g/mol. The summed E-state index contributed by atoms with van der Waals surface area (Å²) in [6, 6.07) is 7.07. The van der Waals surface area contributed by atoms with E-state index in [2.05, 4.69) is 42.3 Å². The molecule has 1 aliphatic rings. The van der Waals surface area contributed by atoms with Crippen LogP contribution in [-0.2, 0) is 6.42 Å². The summed E-state index contributed by atoms with van der Waals surface area (Å²) in [5.41, 5.74) is 2.58. The first-order chi connectivity index (χ1) is 9.24. The number of hydrogen-bond acceptors (Lipinski definition) is 4. The van der Waals surface area contributed by atoms with Gasteiger partial charge in [0.1, 0.15) is 10.8 Å². The molecule has 4 heteroatoms. The summed E-state index contributed by atoms with van der Waals surface area (Å²) >= 11 is 1.70. The van der Waals surface area contributed by atoms with Crippen molar-refractivity contribution in [2.75, 3.05) is 6.61 Å². The second-order valence-corrected chi connectivity index (χ2v) is 6.02. The number of rotatable bonds is 4. The summed E-state index contributed by atoms with van der Waals surface area (Å²) in [6.45, 7) is 5.13. The van der Waals surface area contributed by atoms with Crippen LogP contribution >= 0.6 is 11.3 Å². The minimum absolute atomic E-state index is 0.172. The van der Waals surface area contributed by atoms with Gasteiger partial charge < -0.3 is 10.1 Å². The fraction of sp³-hybridized carbons (Fsp3) is 0.400. The number of hydrogen-bond donors (Lipinski definition) is 1. The molecule has 0 bridgehead atoms. The van der Waals surface area contributed by atoms with Crippen LogP contribution in [-0.4, -0.2) is 17.6 Å². The Morgan fingerprint density at radius 2 is 2.26 bits per heavy atom. The van der Waals surface area contributed by atoms with Crippen LogP contribution in [0.25, 0.3) is 0 Å². The largest absolute Gasteiger partial charge is 0.493 e. The molecule has 1 aromatic heterocycles. The first-order valence-corrected chi connectivity index (χ1v) is 7.53. The quantitative estimate of drug-likeness (QED) is 0.930. The van der Waals surface area contributed by atoms with Gasteiger partial charge in [0, 0.05) is 24.0 Å². The highest BCUT2D eigenvalue weighted by Gasteiger charge is 2.20. The Labute approximate surface area is 117 Å². The van der Waals surface area contributed by atoms with E-state index in [1.807, 2.05) is 11.6 Å². The fourth-order valence-corrected chi connectivity index (χ4v) is 3.13. The van der Waals surface area contributed by atoms with Gasteiger partial charge in [0.2, 0.25) is 0 Å². The Morgan fingerprint density at radius 3 is 3.00 bits per heavy atom. The lowest BCUT2D eigenvalue weighted by Crippen LogP contribution is -2.28. The Kier molecular flexibility index (Phi) is 3.53. The third-order valence-corrected chi connectivity index (χ3v) is 4.09. The molecule has 1 unspecified atom stereocenters. The number of fused-ring (bicyclic) bond motifs is 1. The molecule has 0 aliphatic carbocycles. The van der Waals surface area contributed by atoms with Crippen molar-refractivity contribution >= 4 is 11.3 Å². The normalized spacial score (nSPS) is 15.3. The Bertz CT molecular complexity index is 551. The molecular formula is C15H18N2OS. The van der Waals surface area contributed by atoms with Gasteiger partial charge in [-0.25, -0.2) is 4.98 Å². The highest BCUT2D eigenvalue weighted by atomic mass is 32.1. The molecule has 0 radical (unpaired) electrons. The zero-order valence-electron chi connectivity index (χ0n) is 11.2. The number of nitrogens with one attached hydrogen (secondary N) is 1. The lowest BCUT2D eigenvalue weighted by molar-refractivity contribution is 0.356. The number of ether oxygens (including phenoxy) is 1. The maximum absolute atomic E-state index is 5.57. The minimum atomic E-state index is 0.172. The summed E-state index contributed by atoms with van der Waals surface area (Å²) in [5, 5.41) is 6.74. The smallest absolute Gasteiger partial charge is 0.122 e. The summed E-state index contributed by atoms with van der Waals surface area (Å²) in [4.78, 5) is 4.46. The Morgan fingerprint density at radius 1 is 1.37 bits per heavy atom. The highest BCUT2D eigenvalue weighted by Crippen LogP contribution is 2.31. The maximum Gasteiger partial charge on any atom is 0.122 e. The van der Waals surface area contributed by atoms with E-state index in [0.717, 1.165) is 23.8 Å². The van der Waals surface area contributed by atoms with E-state index in [4.69, 9.17) is 4.74 Å². The molecule has 0 saturated carbocycles. The zero-order chi connectivity index (χ0) is 13.2. The zero-order valence-corrected chi connectivity index (χ0v) is 12.0. The van der Waals surface area contributed by atoms with Gasteiger partial charge in [-0.2, -0.15) is 0 Å². The van der Waals surface area contributed by atoms with Gasteiger partial charge in [-0.15, -0.1) is 11.3 Å². The van der Waals surface area contributed by atoms with Crippen molar-refractivity contribution in [3.05, 3.63) is 45.9 Å². The Hall–Kier alpha value is -1.39. The van der Waals surface area contributed by atoms with Crippen LogP contribution in [0.5, 0.6) is 5.75 Å². The molecule has 3 rings (SSSR count). The van der Waals surface area contributed by atoms with Crippen LogP contribution in [0, 0.1) is 0 Å². The molecule has 1 N–H and O–H groups in total. The van der Waals surface area contributed by atoms with Crippen molar-refractivity contribution in [1.29, 1.82) is 0 Å². The average molecular weight is 274 g/mol. The van der Waals surface area contributed by atoms with Gasteiger partial charge in [-0.3, -0.25) is 0 Å². The van der Waals surface area contributed by atoms with Crippen LogP contribution in [0.4, 0.5) is 0 Å². The minimum Gasteiger partial charge on any atom is -0.493 e. The van der Waals surface area contributed by atoms with E-state index >= 15 is 0 Å². The third kappa shape index (κ3) is 2.65. The van der Waals surface area contributed by atoms with Crippen molar-refractivity contribution in [3.63, 3.8) is 0 Å². The molecule has 3 nitrogen and oxygen atoms in total. The summed E-state index contributed by atoms with van der Waals surface area (Å²) in [6.07, 6.45) is 2.88. The second kappa shape index (κ2) is 5.31. The molecule has 100 valence electrons. The van der Waals surface area contributed by atoms with Gasteiger partial charge in [-0.05, 0) is 37.1 Å². The predicted molar refractivity (Wildman–Crippen MR) is 77.9 cm³/mol. The standard InChI is InChI=1S/C15H18N2OS/c1-10(2)17-14(15-16-6-8-19-15)12-3-4-13-11(9-12)5-7-18-13/h3-4,6,8-10,14,17H,5,7H2,1-2H3. The van der Waals surface area contributed by atoms with E-state index in [9.17, 15) is 0 Å². The predicted octanol–water partition coefficient (Wildman–Crippen LogP) is 3.17. The van der Waals surface area contributed by atoms with Crippen LogP contribution in [0.3, 0.4) is 0 Å². The monoisotopic (exact) mass is 274 g/mol. The van der Waals surface area contributed by atoms with Gasteiger partial charge in [0.05, 0.1) is 12.6 Å². The van der Waals surface area contributed by atoms with Crippen LogP contribution in [0.2, 0.25) is 0 Å². The van der Waals surface area contributed by atoms with Crippen LogP contribution in [0.1, 0.15) is 36.0 Å². The fourth-order valence-electron chi connectivity index (χ4n) is 2.41. The van der Waals surface area contributed by atoms with Gasteiger partial charge in [0.15, 0.2) is 0 Å². The average Bonchev–Trinajstić information content (AvgIpc) is 3.06. The molecule has 0 fully saturated rings. The molecule has 1 aliphatic heterocycles. The molecule has 2 aromatic rings. The molecule has 0 amide bonds. The van der Waals surface area contributed by atoms with E-state index in [1.165, 1.54) is 11.1 Å². The van der Waals surface area contributed by atoms with E-state index in [0.29, 0.717) is 6.04 Å². The van der Waals surface area contributed by atoms with E-state index in [1.54, 1.807) is 11.3 Å². The summed E-state index contributed by atoms with van der Waals surface area (Å²) in [7, 11) is 0. The first kappa shape index (κ1) is 12.6. The van der Waals surface area contributed by atoms with Gasteiger partial charge in [-0.1, -0.05) is 6.07 Å². The lowest BCUT2D eigenvalue weighted by atomic mass is 10.0. The topological polar surface area (TPSA) is 34.1 Å². The number of aromatic nitrogens is 1. The summed E-state index contributed by atoms with van der Waals surface area (Å²) in [5.74, 6) is 1.03. The lowest BCUT2D eigenvalue weighted by Gasteiger charge is -2.20. The molecule has 0 saturated heterocycles. The second-order valence-electron chi connectivity index (χ2n) is 5.09. The van der Waals surface area contributed by atoms with Crippen LogP contribution in [0.15, 0.2) is 29.8 Å². The molecule has 1 atom stereocenters. The first-order valence-electron chi connectivity index (χ1n) is 6.65. The summed E-state index contributed by atoms with van der Waals surface area (Å²) < 4.78 is 5.57. The number of nitrogens with zero attached hydrogens (tertiary/aromatic N) is 1. The van der Waals surface area contributed by atoms with Crippen molar-refractivity contribution in [2.45, 2.75) is 32.4 Å². The molecule has 2 heterocycles. The Balaban J connectivity index is 1.95. The van der Waals surface area contributed by atoms with E-state index in [-0.39, 0.29) is 6.04 Å². The van der Waals surface area contributed by atoms with Crippen molar-refractivity contribution in [2.24, 2.45) is 0 Å². The third-order valence-electron chi connectivity index (χ3n) is 3.25. The van der Waals surface area contributed by atoms with Crippen molar-refractivity contribution in [1.82, 2.24) is 10.3 Å². The number of thiazole rings is 1. The maximum atomic E-state index is 5.57. The molecule has 0 spiro atoms. The SMILES string of the molecule is CC(C)NC(c1ccc2c(c1)CCO2)c1nccs1. The number of benzene rings is 1. The highest BCUT2D eigenvalue weighted by molar-refractivity contribution is 7.09. The van der Waals surface area contributed by atoms with E-state index < -0.39 is 0 Å². The molecule has 1 aromatic carbocycles. The van der Waals surface area contributed by atoms with Crippen molar-refractivity contribution in [3.8, 4) is 5.75 Å². The van der Waals surface area contributed by atoms with Gasteiger partial charge in [0.25, 0.3) is 0 Å².